The van der Waals surface area contributed by atoms with Gasteiger partial charge in [-0.05, 0) is 43.2 Å². The molecule has 1 N–H and O–H groups in total. The number of sulfonamides is 1. The minimum Gasteiger partial charge on any atom is -0.493 e. The molecule has 3 rings (SSSR count). The molecule has 0 unspecified atom stereocenters. The van der Waals surface area contributed by atoms with Gasteiger partial charge in [0.2, 0.25) is 0 Å². The third kappa shape index (κ3) is 5.35. The molecule has 0 atom stereocenters. The molecule has 1 saturated heterocycles. The molecule has 0 aliphatic carbocycles. The maximum atomic E-state index is 12.9. The van der Waals surface area contributed by atoms with E-state index in [1.807, 2.05) is 11.9 Å². The molecule has 8 nitrogen and oxygen atoms in total. The summed E-state index contributed by atoms with van der Waals surface area (Å²) in [5.41, 5.74) is 0.612. The van der Waals surface area contributed by atoms with E-state index in [2.05, 4.69) is 9.71 Å². The number of rotatable bonds is 6. The van der Waals surface area contributed by atoms with Gasteiger partial charge in [-0.3, -0.25) is 4.79 Å². The van der Waals surface area contributed by atoms with E-state index in [4.69, 9.17) is 9.47 Å². The van der Waals surface area contributed by atoms with Crippen molar-refractivity contribution in [1.29, 1.82) is 0 Å². The summed E-state index contributed by atoms with van der Waals surface area (Å²) in [5, 5.41) is 2.72. The summed E-state index contributed by atoms with van der Waals surface area (Å²) in [6.45, 7) is 0.785. The summed E-state index contributed by atoms with van der Waals surface area (Å²) < 4.78 is 40.4. The molecule has 166 valence electrons. The van der Waals surface area contributed by atoms with E-state index < -0.39 is 15.9 Å². The normalized spacial score (nSPS) is 16.0. The molecule has 0 bridgehead atoms. The van der Waals surface area contributed by atoms with Crippen molar-refractivity contribution >= 4 is 27.5 Å². The molecule has 31 heavy (non-hydrogen) atoms. The van der Waals surface area contributed by atoms with Gasteiger partial charge >= 0.3 is 0 Å². The Kier molecular flexibility index (Phi) is 7.17. The van der Waals surface area contributed by atoms with Crippen molar-refractivity contribution in [1.82, 2.24) is 4.90 Å². The molecular weight excluding hydrogens is 418 g/mol. The van der Waals surface area contributed by atoms with Gasteiger partial charge in [-0.2, -0.15) is 8.42 Å². The predicted octanol–water partition coefficient (Wildman–Crippen LogP) is 3.55. The number of likely N-dealkylation sites (tertiary alicyclic amines) is 1. The molecule has 2 aromatic rings. The van der Waals surface area contributed by atoms with Gasteiger partial charge in [0, 0.05) is 25.7 Å². The van der Waals surface area contributed by atoms with Gasteiger partial charge in [0.1, 0.15) is 5.84 Å². The van der Waals surface area contributed by atoms with E-state index in [9.17, 15) is 13.2 Å². The van der Waals surface area contributed by atoms with E-state index in [-0.39, 0.29) is 10.5 Å². The van der Waals surface area contributed by atoms with Crippen LogP contribution in [-0.4, -0.2) is 52.9 Å². The van der Waals surface area contributed by atoms with E-state index in [0.717, 1.165) is 25.8 Å². The number of amidine groups is 1. The number of nitrogens with zero attached hydrogens (tertiary/aromatic N) is 2. The van der Waals surface area contributed by atoms with Crippen LogP contribution in [0.25, 0.3) is 0 Å². The molecule has 0 aromatic heterocycles. The second kappa shape index (κ2) is 9.82. The minimum atomic E-state index is -3.91. The molecule has 0 saturated carbocycles. The van der Waals surface area contributed by atoms with Crippen LogP contribution in [0, 0.1) is 0 Å². The fourth-order valence-corrected chi connectivity index (χ4v) is 4.57. The number of nitrogens with one attached hydrogen (secondary N) is 1. The molecule has 2 aromatic carbocycles. The Hall–Kier alpha value is -3.07. The first kappa shape index (κ1) is 22.6. The minimum absolute atomic E-state index is 0.0213. The zero-order valence-corrected chi connectivity index (χ0v) is 18.7. The molecule has 0 spiro atoms. The van der Waals surface area contributed by atoms with Crippen molar-refractivity contribution in [2.45, 2.75) is 30.6 Å². The number of hydrogen-bond acceptors (Lipinski definition) is 5. The van der Waals surface area contributed by atoms with Crippen molar-refractivity contribution in [2.75, 3.05) is 33.1 Å². The van der Waals surface area contributed by atoms with Crippen LogP contribution in [0.15, 0.2) is 51.8 Å². The average Bonchev–Trinajstić information content (AvgIpc) is 2.96. The third-order valence-corrected chi connectivity index (χ3v) is 6.40. The molecule has 1 amide bonds. The lowest BCUT2D eigenvalue weighted by molar-refractivity contribution is 0.102. The fraction of sp³-hybridized carbons (Fsp3) is 0.364. The van der Waals surface area contributed by atoms with E-state index in [1.54, 1.807) is 30.3 Å². The summed E-state index contributed by atoms with van der Waals surface area (Å²) in [7, 11) is 0.891. The summed E-state index contributed by atoms with van der Waals surface area (Å²) in [5.74, 6) is 0.845. The summed E-state index contributed by atoms with van der Waals surface area (Å²) in [4.78, 5) is 14.7. The number of methoxy groups -OCH3 is 2. The van der Waals surface area contributed by atoms with Crippen molar-refractivity contribution in [3.05, 3.63) is 48.0 Å². The van der Waals surface area contributed by atoms with Crippen molar-refractivity contribution in [3.8, 4) is 11.5 Å². The Labute approximate surface area is 182 Å². The Balaban J connectivity index is 1.86. The number of para-hydroxylation sites is 1. The maximum absolute atomic E-state index is 12.9. The van der Waals surface area contributed by atoms with Crippen LogP contribution >= 0.6 is 0 Å². The number of hydrogen-bond donors (Lipinski definition) is 1. The number of amides is 1. The second-order valence-corrected chi connectivity index (χ2v) is 8.84. The van der Waals surface area contributed by atoms with Crippen LogP contribution < -0.4 is 14.8 Å². The van der Waals surface area contributed by atoms with E-state index in [0.29, 0.717) is 29.4 Å². The summed E-state index contributed by atoms with van der Waals surface area (Å²) in [6, 6.07) is 11.0. The molecular formula is C22H27N3O5S. The van der Waals surface area contributed by atoms with Crippen LogP contribution in [-0.2, 0) is 10.0 Å². The lowest BCUT2D eigenvalue weighted by Gasteiger charge is -2.17. The van der Waals surface area contributed by atoms with Crippen molar-refractivity contribution < 1.29 is 22.7 Å². The highest BCUT2D eigenvalue weighted by Gasteiger charge is 2.20. The van der Waals surface area contributed by atoms with Gasteiger partial charge in [-0.25, -0.2) is 0 Å². The van der Waals surface area contributed by atoms with Gasteiger partial charge in [0.05, 0.1) is 24.7 Å². The predicted molar refractivity (Wildman–Crippen MR) is 120 cm³/mol. The molecule has 1 fully saturated rings. The topological polar surface area (TPSA) is 97.3 Å². The Morgan fingerprint density at radius 1 is 1.06 bits per heavy atom. The number of anilines is 1. The molecule has 1 aliphatic rings. The Bertz CT molecular complexity index is 1080. The van der Waals surface area contributed by atoms with Gasteiger partial charge in [0.25, 0.3) is 15.9 Å². The lowest BCUT2D eigenvalue weighted by Crippen LogP contribution is -2.26. The smallest absolute Gasteiger partial charge is 0.284 e. The highest BCUT2D eigenvalue weighted by atomic mass is 32.2. The highest BCUT2D eigenvalue weighted by molar-refractivity contribution is 7.90. The lowest BCUT2D eigenvalue weighted by atomic mass is 10.1. The number of benzene rings is 2. The van der Waals surface area contributed by atoms with Crippen molar-refractivity contribution in [3.63, 3.8) is 0 Å². The SMILES string of the molecule is COc1cccc(C(=O)Nc2cccc(S(=O)(=O)N=C3CCCCCN3C)c2)c1OC. The first-order chi connectivity index (χ1) is 14.9. The zero-order valence-electron chi connectivity index (χ0n) is 17.9. The number of carbonyl (C=O) groups excluding carboxylic acids is 1. The summed E-state index contributed by atoms with van der Waals surface area (Å²) in [6.07, 6.45) is 3.61. The van der Waals surface area contributed by atoms with Crippen LogP contribution in [0.4, 0.5) is 5.69 Å². The zero-order chi connectivity index (χ0) is 22.4. The van der Waals surface area contributed by atoms with Gasteiger partial charge in [-0.15, -0.1) is 4.40 Å². The Morgan fingerprint density at radius 3 is 2.58 bits per heavy atom. The first-order valence-corrected chi connectivity index (χ1v) is 11.5. The van der Waals surface area contributed by atoms with Crippen LogP contribution in [0.3, 0.4) is 0 Å². The molecule has 9 heteroatoms. The summed E-state index contributed by atoms with van der Waals surface area (Å²) >= 11 is 0. The largest absolute Gasteiger partial charge is 0.493 e. The van der Waals surface area contributed by atoms with Crippen LogP contribution in [0.1, 0.15) is 36.0 Å². The number of ether oxygens (including phenoxy) is 2. The van der Waals surface area contributed by atoms with Gasteiger partial charge in [0.15, 0.2) is 11.5 Å². The second-order valence-electron chi connectivity index (χ2n) is 7.24. The fourth-order valence-electron chi connectivity index (χ4n) is 3.43. The Morgan fingerprint density at radius 2 is 1.84 bits per heavy atom. The molecule has 1 aliphatic heterocycles. The van der Waals surface area contributed by atoms with Crippen molar-refractivity contribution in [2.24, 2.45) is 4.40 Å². The first-order valence-electron chi connectivity index (χ1n) is 10.0. The van der Waals surface area contributed by atoms with E-state index in [1.165, 1.54) is 26.4 Å². The monoisotopic (exact) mass is 445 g/mol. The van der Waals surface area contributed by atoms with Gasteiger partial charge < -0.3 is 19.7 Å². The van der Waals surface area contributed by atoms with E-state index >= 15 is 0 Å². The maximum Gasteiger partial charge on any atom is 0.284 e. The van der Waals surface area contributed by atoms with Crippen LogP contribution in [0.5, 0.6) is 11.5 Å². The van der Waals surface area contributed by atoms with Crippen LogP contribution in [0.2, 0.25) is 0 Å². The highest BCUT2D eigenvalue weighted by Crippen LogP contribution is 2.31. The quantitative estimate of drug-likeness (QED) is 0.730. The third-order valence-electron chi connectivity index (χ3n) is 5.10. The average molecular weight is 446 g/mol. The standard InChI is InChI=1S/C22H27N3O5S/c1-25-14-6-4-5-13-20(25)24-31(27,28)17-10-7-9-16(15-17)23-22(26)18-11-8-12-19(29-2)21(18)30-3/h7-12,15H,4-6,13-14H2,1-3H3,(H,23,26). The molecule has 0 radical (unpaired) electrons. The van der Waals surface area contributed by atoms with Gasteiger partial charge in [-0.1, -0.05) is 18.6 Å². The molecule has 1 heterocycles. The number of carbonyl (C=O) groups is 1.